The van der Waals surface area contributed by atoms with Crippen molar-refractivity contribution in [3.05, 3.63) is 132 Å². The molecule has 6 aromatic carbocycles. The lowest BCUT2D eigenvalue weighted by molar-refractivity contribution is 0.584. The van der Waals surface area contributed by atoms with Crippen LogP contribution in [0.1, 0.15) is 31.9 Å². The van der Waals surface area contributed by atoms with Crippen LogP contribution in [0, 0.1) is 0 Å². The normalized spacial score (nSPS) is 12.3. The Balaban J connectivity index is 1.27. The van der Waals surface area contributed by atoms with Gasteiger partial charge in [0.25, 0.3) is 0 Å². The second-order valence-electron chi connectivity index (χ2n) is 12.3. The van der Waals surface area contributed by atoms with Crippen molar-refractivity contribution in [3.63, 3.8) is 0 Å². The standard InChI is InChI=1S/C40H30N2OS/c1-40(2,3)28-22-33(37-21-26-13-5-11-19-36(26)44-37)38-35(23-28)43-39(42-38)32-17-9-10-18-34(32)41-24-27-20-25-12-4-6-14-29(25)31-16-8-7-15-30(27)31/h4-24H,1-3H3. The predicted octanol–water partition coefficient (Wildman–Crippen LogP) is 11.7. The number of thiophene rings is 1. The number of hydrogen-bond donors (Lipinski definition) is 0. The van der Waals surface area contributed by atoms with Crippen LogP contribution in [0.5, 0.6) is 0 Å². The smallest absolute Gasteiger partial charge is 0.229 e. The fourth-order valence-electron chi connectivity index (χ4n) is 5.98. The van der Waals surface area contributed by atoms with Crippen molar-refractivity contribution in [2.45, 2.75) is 26.2 Å². The average molecular weight is 587 g/mol. The lowest BCUT2D eigenvalue weighted by Gasteiger charge is -2.19. The molecule has 0 saturated carbocycles. The van der Waals surface area contributed by atoms with E-state index in [4.69, 9.17) is 14.4 Å². The fourth-order valence-corrected chi connectivity index (χ4v) is 7.06. The summed E-state index contributed by atoms with van der Waals surface area (Å²) in [4.78, 5) is 11.3. The molecule has 0 spiro atoms. The van der Waals surface area contributed by atoms with E-state index in [1.807, 2.05) is 30.5 Å². The fraction of sp³-hybridized carbons (Fsp3) is 0.100. The van der Waals surface area contributed by atoms with Crippen LogP contribution >= 0.6 is 11.3 Å². The van der Waals surface area contributed by atoms with Crippen LogP contribution in [0.3, 0.4) is 0 Å². The van der Waals surface area contributed by atoms with Gasteiger partial charge in [-0.3, -0.25) is 4.99 Å². The van der Waals surface area contributed by atoms with Gasteiger partial charge in [0.1, 0.15) is 5.52 Å². The number of aromatic nitrogens is 1. The highest BCUT2D eigenvalue weighted by Crippen LogP contribution is 2.42. The quantitative estimate of drug-likeness (QED) is 0.152. The monoisotopic (exact) mass is 586 g/mol. The molecule has 44 heavy (non-hydrogen) atoms. The van der Waals surface area contributed by atoms with E-state index >= 15 is 0 Å². The van der Waals surface area contributed by atoms with E-state index in [1.165, 1.54) is 42.1 Å². The van der Waals surface area contributed by atoms with Crippen LogP contribution in [-0.4, -0.2) is 11.2 Å². The van der Waals surface area contributed by atoms with E-state index in [9.17, 15) is 0 Å². The molecule has 0 amide bonds. The van der Waals surface area contributed by atoms with Crippen molar-refractivity contribution >= 4 is 66.0 Å². The number of benzene rings is 6. The molecule has 4 heteroatoms. The zero-order valence-corrected chi connectivity index (χ0v) is 25.7. The first-order valence-corrected chi connectivity index (χ1v) is 15.7. The lowest BCUT2D eigenvalue weighted by Crippen LogP contribution is -2.10. The van der Waals surface area contributed by atoms with Crippen LogP contribution in [-0.2, 0) is 5.41 Å². The van der Waals surface area contributed by atoms with Gasteiger partial charge in [0.2, 0.25) is 5.89 Å². The molecule has 0 aliphatic heterocycles. The number of fused-ring (bicyclic) bond motifs is 5. The first-order valence-electron chi connectivity index (χ1n) is 14.9. The van der Waals surface area contributed by atoms with Gasteiger partial charge in [0, 0.05) is 26.9 Å². The molecular formula is C40H30N2OS. The Morgan fingerprint density at radius 3 is 2.20 bits per heavy atom. The van der Waals surface area contributed by atoms with Crippen LogP contribution in [0.25, 0.3) is 64.6 Å². The Kier molecular flexibility index (Phi) is 6.21. The number of hydrogen-bond acceptors (Lipinski definition) is 4. The van der Waals surface area contributed by atoms with Gasteiger partial charge in [-0.15, -0.1) is 11.3 Å². The molecule has 0 atom stereocenters. The predicted molar refractivity (Wildman–Crippen MR) is 188 cm³/mol. The topological polar surface area (TPSA) is 38.4 Å². The van der Waals surface area contributed by atoms with E-state index in [-0.39, 0.29) is 5.41 Å². The van der Waals surface area contributed by atoms with Gasteiger partial charge in [-0.2, -0.15) is 0 Å². The van der Waals surface area contributed by atoms with Gasteiger partial charge in [0.15, 0.2) is 5.58 Å². The minimum atomic E-state index is -0.0442. The molecule has 3 nitrogen and oxygen atoms in total. The molecule has 0 saturated heterocycles. The highest BCUT2D eigenvalue weighted by atomic mass is 32.1. The summed E-state index contributed by atoms with van der Waals surface area (Å²) in [7, 11) is 0. The molecule has 0 fully saturated rings. The molecule has 0 bridgehead atoms. The summed E-state index contributed by atoms with van der Waals surface area (Å²) in [5.74, 6) is 0.574. The van der Waals surface area contributed by atoms with Crippen LogP contribution < -0.4 is 0 Å². The molecule has 0 radical (unpaired) electrons. The summed E-state index contributed by atoms with van der Waals surface area (Å²) in [5.41, 5.74) is 6.70. The Morgan fingerprint density at radius 2 is 1.39 bits per heavy atom. The maximum atomic E-state index is 6.57. The summed E-state index contributed by atoms with van der Waals surface area (Å²) < 4.78 is 7.83. The maximum Gasteiger partial charge on any atom is 0.229 e. The van der Waals surface area contributed by atoms with Crippen LogP contribution in [0.2, 0.25) is 0 Å². The van der Waals surface area contributed by atoms with Crippen molar-refractivity contribution in [1.82, 2.24) is 4.98 Å². The number of aliphatic imine (C=N–C) groups is 1. The van der Waals surface area contributed by atoms with Crippen molar-refractivity contribution in [1.29, 1.82) is 0 Å². The van der Waals surface area contributed by atoms with E-state index in [0.29, 0.717) is 5.89 Å². The summed E-state index contributed by atoms with van der Waals surface area (Å²) in [6, 6.07) is 42.6. The van der Waals surface area contributed by atoms with Crippen LogP contribution in [0.15, 0.2) is 131 Å². The molecule has 0 N–H and O–H groups in total. The molecule has 8 rings (SSSR count). The summed E-state index contributed by atoms with van der Waals surface area (Å²) in [6.07, 6.45) is 1.97. The molecule has 212 valence electrons. The van der Waals surface area contributed by atoms with Gasteiger partial charge in [-0.25, -0.2) is 4.98 Å². The minimum absolute atomic E-state index is 0.0442. The molecule has 0 aliphatic rings. The average Bonchev–Trinajstić information content (AvgIpc) is 3.68. The van der Waals surface area contributed by atoms with Gasteiger partial charge < -0.3 is 4.42 Å². The first-order chi connectivity index (χ1) is 21.4. The molecule has 2 aromatic heterocycles. The van der Waals surface area contributed by atoms with E-state index in [0.717, 1.165) is 33.5 Å². The van der Waals surface area contributed by atoms with Crippen LogP contribution in [0.4, 0.5) is 5.69 Å². The van der Waals surface area contributed by atoms with Gasteiger partial charge in [0.05, 0.1) is 11.3 Å². The van der Waals surface area contributed by atoms with Crippen molar-refractivity contribution in [2.75, 3.05) is 0 Å². The Labute approximate surface area is 260 Å². The molecule has 8 aromatic rings. The third-order valence-corrected chi connectivity index (χ3v) is 9.48. The van der Waals surface area contributed by atoms with Crippen molar-refractivity contribution < 1.29 is 4.42 Å². The highest BCUT2D eigenvalue weighted by Gasteiger charge is 2.22. The third-order valence-electron chi connectivity index (χ3n) is 8.33. The van der Waals surface area contributed by atoms with E-state index in [2.05, 4.69) is 118 Å². The Morgan fingerprint density at radius 1 is 0.682 bits per heavy atom. The van der Waals surface area contributed by atoms with Gasteiger partial charge >= 0.3 is 0 Å². The largest absolute Gasteiger partial charge is 0.436 e. The number of para-hydroxylation sites is 1. The number of nitrogens with zero attached hydrogens (tertiary/aromatic N) is 2. The SMILES string of the molecule is CC(C)(C)c1cc(-c2cc3ccccc3s2)c2nc(-c3ccccc3N=Cc3cc4ccccc4c4ccccc34)oc2c1. The maximum absolute atomic E-state index is 6.57. The third kappa shape index (κ3) is 4.59. The zero-order chi connectivity index (χ0) is 29.8. The van der Waals surface area contributed by atoms with Gasteiger partial charge in [-0.05, 0) is 80.4 Å². The van der Waals surface area contributed by atoms with Crippen molar-refractivity contribution in [2.24, 2.45) is 4.99 Å². The van der Waals surface area contributed by atoms with E-state index < -0.39 is 0 Å². The lowest BCUT2D eigenvalue weighted by atomic mass is 9.85. The van der Waals surface area contributed by atoms with E-state index in [1.54, 1.807) is 11.3 Å². The summed E-state index contributed by atoms with van der Waals surface area (Å²) in [5, 5.41) is 6.09. The first kappa shape index (κ1) is 26.6. The highest BCUT2D eigenvalue weighted by molar-refractivity contribution is 7.22. The summed E-state index contributed by atoms with van der Waals surface area (Å²) >= 11 is 1.79. The van der Waals surface area contributed by atoms with Gasteiger partial charge in [-0.1, -0.05) is 99.6 Å². The minimum Gasteiger partial charge on any atom is -0.436 e. The zero-order valence-electron chi connectivity index (χ0n) is 24.8. The number of oxazole rings is 1. The van der Waals surface area contributed by atoms with Crippen molar-refractivity contribution in [3.8, 4) is 21.9 Å². The molecule has 0 aliphatic carbocycles. The Bertz CT molecular complexity index is 2350. The molecular weight excluding hydrogens is 557 g/mol. The Hall–Kier alpha value is -5.06. The molecule has 2 heterocycles. The second-order valence-corrected chi connectivity index (χ2v) is 13.4. The second kappa shape index (κ2) is 10.3. The molecule has 0 unspecified atom stereocenters. The number of rotatable bonds is 4. The summed E-state index contributed by atoms with van der Waals surface area (Å²) in [6.45, 7) is 6.71.